The van der Waals surface area contributed by atoms with Crippen molar-refractivity contribution >= 4 is 0 Å². The van der Waals surface area contributed by atoms with Crippen molar-refractivity contribution in [1.82, 2.24) is 0 Å². The fraction of sp³-hybridized carbons (Fsp3) is 0.308. The molecule has 2 aliphatic rings. The lowest BCUT2D eigenvalue weighted by atomic mass is 9.97. The van der Waals surface area contributed by atoms with Crippen LogP contribution in [0.25, 0.3) is 0 Å². The molecule has 2 aliphatic heterocycles. The van der Waals surface area contributed by atoms with Crippen molar-refractivity contribution in [2.75, 3.05) is 13.2 Å². The molecular formula is C26H26O5. The molecule has 0 radical (unpaired) electrons. The first-order valence-electron chi connectivity index (χ1n) is 10.6. The van der Waals surface area contributed by atoms with Crippen LogP contribution >= 0.6 is 0 Å². The third-order valence-corrected chi connectivity index (χ3v) is 5.97. The summed E-state index contributed by atoms with van der Waals surface area (Å²) in [5, 5.41) is 10.4. The molecule has 1 N–H and O–H groups in total. The number of hydrogen-bond acceptors (Lipinski definition) is 5. The molecule has 2 saturated heterocycles. The highest BCUT2D eigenvalue weighted by Gasteiger charge is 2.63. The molecule has 160 valence electrons. The van der Waals surface area contributed by atoms with Gasteiger partial charge in [0.2, 0.25) is 0 Å². The number of benzene rings is 3. The number of phenolic OH excluding ortho intramolecular Hbond substituents is 1. The number of fused-ring (bicyclic) bond motifs is 2. The number of ether oxygens (including phenoxy) is 4. The molecular weight excluding hydrogens is 392 g/mol. The van der Waals surface area contributed by atoms with E-state index in [1.165, 1.54) is 0 Å². The highest BCUT2D eigenvalue weighted by atomic mass is 16.7. The molecule has 0 saturated carbocycles. The van der Waals surface area contributed by atoms with E-state index < -0.39 is 11.7 Å². The van der Waals surface area contributed by atoms with Crippen molar-refractivity contribution in [3.05, 3.63) is 102 Å². The maximum Gasteiger partial charge on any atom is 0.144 e. The monoisotopic (exact) mass is 418 g/mol. The molecule has 5 nitrogen and oxygen atoms in total. The third kappa shape index (κ3) is 4.10. The third-order valence-electron chi connectivity index (χ3n) is 5.97. The Morgan fingerprint density at radius 1 is 0.839 bits per heavy atom. The van der Waals surface area contributed by atoms with E-state index in [1.807, 2.05) is 72.8 Å². The van der Waals surface area contributed by atoms with Crippen LogP contribution in [0.1, 0.15) is 22.8 Å². The van der Waals surface area contributed by atoms with Gasteiger partial charge in [-0.3, -0.25) is 0 Å². The summed E-state index contributed by atoms with van der Waals surface area (Å²) >= 11 is 0. The average molecular weight is 418 g/mol. The van der Waals surface area contributed by atoms with Crippen LogP contribution < -0.4 is 0 Å². The molecule has 3 aromatic carbocycles. The molecule has 5 rings (SSSR count). The molecule has 5 heteroatoms. The zero-order valence-electron chi connectivity index (χ0n) is 17.2. The predicted molar refractivity (Wildman–Crippen MR) is 116 cm³/mol. The number of hydrogen-bond donors (Lipinski definition) is 1. The molecule has 0 aliphatic carbocycles. The Balaban J connectivity index is 1.35. The summed E-state index contributed by atoms with van der Waals surface area (Å²) in [5.74, 6) is 0.200. The number of aromatic hydroxyl groups is 1. The molecule has 2 bridgehead atoms. The average Bonchev–Trinajstić information content (AvgIpc) is 3.31. The van der Waals surface area contributed by atoms with Gasteiger partial charge in [-0.1, -0.05) is 78.9 Å². The second-order valence-corrected chi connectivity index (χ2v) is 8.13. The summed E-state index contributed by atoms with van der Waals surface area (Å²) in [7, 11) is 0. The molecule has 3 aromatic rings. The fourth-order valence-electron chi connectivity index (χ4n) is 4.42. The van der Waals surface area contributed by atoms with E-state index >= 15 is 0 Å². The van der Waals surface area contributed by atoms with Crippen molar-refractivity contribution < 1.29 is 24.1 Å². The van der Waals surface area contributed by atoms with Gasteiger partial charge < -0.3 is 24.1 Å². The minimum absolute atomic E-state index is 0.200. The summed E-state index contributed by atoms with van der Waals surface area (Å²) < 4.78 is 25.1. The van der Waals surface area contributed by atoms with Gasteiger partial charge in [0.1, 0.15) is 29.7 Å². The number of phenols is 1. The molecule has 0 aromatic heterocycles. The zero-order chi connectivity index (χ0) is 21.1. The topological polar surface area (TPSA) is 57.2 Å². The zero-order valence-corrected chi connectivity index (χ0v) is 17.2. The molecule has 31 heavy (non-hydrogen) atoms. The summed E-state index contributed by atoms with van der Waals surface area (Å²) in [6, 6.07) is 27.4. The van der Waals surface area contributed by atoms with Gasteiger partial charge in [0, 0.05) is 5.56 Å². The van der Waals surface area contributed by atoms with Crippen molar-refractivity contribution in [2.24, 2.45) is 0 Å². The van der Waals surface area contributed by atoms with Crippen molar-refractivity contribution in [2.45, 2.75) is 37.1 Å². The van der Waals surface area contributed by atoms with E-state index in [1.54, 1.807) is 12.1 Å². The van der Waals surface area contributed by atoms with E-state index in [0.717, 1.165) is 11.1 Å². The summed E-state index contributed by atoms with van der Waals surface area (Å²) in [6.45, 7) is 1.70. The van der Waals surface area contributed by atoms with Crippen LogP contribution in [0.2, 0.25) is 0 Å². The summed E-state index contributed by atoms with van der Waals surface area (Å²) in [4.78, 5) is 0. The van der Waals surface area contributed by atoms with Crippen LogP contribution in [-0.4, -0.2) is 36.1 Å². The second-order valence-electron chi connectivity index (χ2n) is 8.13. The van der Waals surface area contributed by atoms with Crippen LogP contribution in [-0.2, 0) is 32.2 Å². The lowest BCUT2D eigenvalue weighted by molar-refractivity contribution is -0.176. The van der Waals surface area contributed by atoms with Gasteiger partial charge in [-0.2, -0.15) is 0 Å². The lowest BCUT2D eigenvalue weighted by Crippen LogP contribution is -2.46. The van der Waals surface area contributed by atoms with Crippen LogP contribution in [0.3, 0.4) is 0 Å². The molecule has 0 spiro atoms. The molecule has 0 unspecified atom stereocenters. The second kappa shape index (κ2) is 8.81. The summed E-state index contributed by atoms with van der Waals surface area (Å²) in [6.07, 6.45) is -1.01. The van der Waals surface area contributed by atoms with Crippen LogP contribution in [0.4, 0.5) is 0 Å². The summed E-state index contributed by atoms with van der Waals surface area (Å²) in [5.41, 5.74) is 2.19. The first-order chi connectivity index (χ1) is 15.3. The van der Waals surface area contributed by atoms with E-state index in [2.05, 4.69) is 0 Å². The van der Waals surface area contributed by atoms with E-state index in [9.17, 15) is 5.11 Å². The van der Waals surface area contributed by atoms with Gasteiger partial charge in [0.15, 0.2) is 0 Å². The fourth-order valence-corrected chi connectivity index (χ4v) is 4.42. The highest BCUT2D eigenvalue weighted by Crippen LogP contribution is 2.50. The minimum atomic E-state index is -0.721. The quantitative estimate of drug-likeness (QED) is 0.588. The Bertz CT molecular complexity index is 993. The van der Waals surface area contributed by atoms with Gasteiger partial charge in [-0.05, 0) is 17.2 Å². The van der Waals surface area contributed by atoms with Crippen LogP contribution in [0, 0.1) is 0 Å². The maximum atomic E-state index is 10.4. The maximum absolute atomic E-state index is 10.4. The first kappa shape index (κ1) is 20.2. The lowest BCUT2D eigenvalue weighted by Gasteiger charge is -2.31. The highest BCUT2D eigenvalue weighted by molar-refractivity contribution is 5.36. The number of rotatable bonds is 8. The first-order valence-corrected chi connectivity index (χ1v) is 10.6. The van der Waals surface area contributed by atoms with Crippen molar-refractivity contribution in [1.29, 1.82) is 0 Å². The van der Waals surface area contributed by atoms with Gasteiger partial charge in [-0.15, -0.1) is 0 Å². The molecule has 4 atom stereocenters. The van der Waals surface area contributed by atoms with Crippen molar-refractivity contribution in [3.63, 3.8) is 0 Å². The van der Waals surface area contributed by atoms with E-state index in [4.69, 9.17) is 18.9 Å². The van der Waals surface area contributed by atoms with E-state index in [-0.39, 0.29) is 18.0 Å². The minimum Gasteiger partial charge on any atom is -0.508 e. The largest absolute Gasteiger partial charge is 0.508 e. The van der Waals surface area contributed by atoms with Crippen LogP contribution in [0.15, 0.2) is 84.9 Å². The smallest absolute Gasteiger partial charge is 0.144 e. The van der Waals surface area contributed by atoms with Gasteiger partial charge >= 0.3 is 0 Å². The molecule has 2 heterocycles. The SMILES string of the molecule is Oc1ccccc1[C@@H]1O[C@@]2(COCc3ccccc3)CO[C@@H]1[C@@H]2OCc1ccccc1. The number of para-hydroxylation sites is 1. The molecule has 0 amide bonds. The van der Waals surface area contributed by atoms with E-state index in [0.29, 0.717) is 32.0 Å². The Morgan fingerprint density at radius 3 is 2.19 bits per heavy atom. The standard InChI is InChI=1S/C26H26O5/c27-22-14-8-7-13-21(22)23-24-25(29-16-20-11-5-2-6-12-20)26(31-23,18-30-24)17-28-15-19-9-3-1-4-10-19/h1-14,23-25,27H,15-18H2/t23-,24-,25-,26-/m0/s1. The normalized spacial score (nSPS) is 26.9. The van der Waals surface area contributed by atoms with Crippen LogP contribution in [0.5, 0.6) is 5.75 Å². The Hall–Kier alpha value is -2.70. The van der Waals surface area contributed by atoms with Gasteiger partial charge in [0.05, 0.1) is 26.4 Å². The Kier molecular flexibility index (Phi) is 5.74. The molecule has 2 fully saturated rings. The Morgan fingerprint density at radius 2 is 1.48 bits per heavy atom. The van der Waals surface area contributed by atoms with Crippen molar-refractivity contribution in [3.8, 4) is 5.75 Å². The van der Waals surface area contributed by atoms with Gasteiger partial charge in [0.25, 0.3) is 0 Å². The predicted octanol–water partition coefficient (Wildman–Crippen LogP) is 4.40. The Labute approximate surface area is 182 Å². The van der Waals surface area contributed by atoms with Gasteiger partial charge in [-0.25, -0.2) is 0 Å².